The molecule has 0 heterocycles. The van der Waals surface area contributed by atoms with Crippen molar-refractivity contribution in [3.63, 3.8) is 0 Å². The van der Waals surface area contributed by atoms with Gasteiger partial charge >= 0.3 is 6.03 Å². The Morgan fingerprint density at radius 2 is 1.76 bits per heavy atom. The standard InChI is InChI=1S/C15H20FN3O2/c16-12-7-5-11(6-8-12)9-17-15(21)18-10-14(20)19-13-3-1-2-4-13/h5-8,13H,1-4,9-10H2,(H,19,20)(H2,17,18,21). The number of hydrogen-bond donors (Lipinski definition) is 3. The van der Waals surface area contributed by atoms with Gasteiger partial charge in [-0.25, -0.2) is 9.18 Å². The average Bonchev–Trinajstić information content (AvgIpc) is 2.97. The maximum atomic E-state index is 12.7. The van der Waals surface area contributed by atoms with E-state index in [9.17, 15) is 14.0 Å². The number of urea groups is 1. The molecular weight excluding hydrogens is 273 g/mol. The Balaban J connectivity index is 1.62. The molecule has 0 unspecified atom stereocenters. The van der Waals surface area contributed by atoms with Gasteiger partial charge in [0.2, 0.25) is 5.91 Å². The zero-order valence-electron chi connectivity index (χ0n) is 11.8. The van der Waals surface area contributed by atoms with Crippen LogP contribution in [0.2, 0.25) is 0 Å². The molecule has 1 aliphatic carbocycles. The maximum Gasteiger partial charge on any atom is 0.315 e. The van der Waals surface area contributed by atoms with Gasteiger partial charge in [0.25, 0.3) is 0 Å². The van der Waals surface area contributed by atoms with Crippen LogP contribution in [0.15, 0.2) is 24.3 Å². The van der Waals surface area contributed by atoms with Gasteiger partial charge in [-0.05, 0) is 30.5 Å². The van der Waals surface area contributed by atoms with Gasteiger partial charge < -0.3 is 16.0 Å². The Labute approximate surface area is 123 Å². The molecule has 0 radical (unpaired) electrons. The average molecular weight is 293 g/mol. The first kappa shape index (κ1) is 15.3. The van der Waals surface area contributed by atoms with E-state index in [1.54, 1.807) is 12.1 Å². The van der Waals surface area contributed by atoms with E-state index in [2.05, 4.69) is 16.0 Å². The van der Waals surface area contributed by atoms with E-state index in [1.807, 2.05) is 0 Å². The second-order valence-electron chi connectivity index (χ2n) is 5.21. The highest BCUT2D eigenvalue weighted by molar-refractivity contribution is 5.84. The molecule has 0 bridgehead atoms. The molecule has 6 heteroatoms. The molecule has 0 aliphatic heterocycles. The van der Waals surface area contributed by atoms with Gasteiger partial charge in [0.15, 0.2) is 0 Å². The Kier molecular flexibility index (Phi) is 5.54. The van der Waals surface area contributed by atoms with E-state index in [0.29, 0.717) is 0 Å². The molecule has 3 amide bonds. The molecule has 1 aliphatic rings. The van der Waals surface area contributed by atoms with Crippen LogP contribution in [0.3, 0.4) is 0 Å². The fourth-order valence-electron chi connectivity index (χ4n) is 2.36. The van der Waals surface area contributed by atoms with Crippen LogP contribution in [0.25, 0.3) is 0 Å². The number of halogens is 1. The number of amides is 3. The van der Waals surface area contributed by atoms with Crippen LogP contribution < -0.4 is 16.0 Å². The number of nitrogens with one attached hydrogen (secondary N) is 3. The minimum absolute atomic E-state index is 0.0360. The van der Waals surface area contributed by atoms with Crippen LogP contribution in [0, 0.1) is 5.82 Å². The highest BCUT2D eigenvalue weighted by Gasteiger charge is 2.17. The summed E-state index contributed by atoms with van der Waals surface area (Å²) in [6, 6.07) is 5.71. The van der Waals surface area contributed by atoms with Crippen molar-refractivity contribution in [3.8, 4) is 0 Å². The summed E-state index contributed by atoms with van der Waals surface area (Å²) in [6.07, 6.45) is 4.33. The zero-order chi connectivity index (χ0) is 15.1. The van der Waals surface area contributed by atoms with Crippen molar-refractivity contribution in [2.45, 2.75) is 38.3 Å². The summed E-state index contributed by atoms with van der Waals surface area (Å²) in [4.78, 5) is 23.2. The first-order chi connectivity index (χ1) is 10.1. The summed E-state index contributed by atoms with van der Waals surface area (Å²) in [5.41, 5.74) is 0.793. The van der Waals surface area contributed by atoms with Gasteiger partial charge in [0.1, 0.15) is 5.82 Å². The third kappa shape index (κ3) is 5.41. The topological polar surface area (TPSA) is 70.2 Å². The van der Waals surface area contributed by atoms with Crippen LogP contribution in [0.4, 0.5) is 9.18 Å². The van der Waals surface area contributed by atoms with Crippen molar-refractivity contribution in [1.82, 2.24) is 16.0 Å². The lowest BCUT2D eigenvalue weighted by atomic mass is 10.2. The fraction of sp³-hybridized carbons (Fsp3) is 0.467. The molecule has 0 aromatic heterocycles. The predicted molar refractivity (Wildman–Crippen MR) is 77.0 cm³/mol. The Morgan fingerprint density at radius 1 is 1.10 bits per heavy atom. The second kappa shape index (κ2) is 7.61. The highest BCUT2D eigenvalue weighted by atomic mass is 19.1. The van der Waals surface area contributed by atoms with E-state index in [0.717, 1.165) is 31.2 Å². The van der Waals surface area contributed by atoms with E-state index in [1.165, 1.54) is 12.1 Å². The van der Waals surface area contributed by atoms with E-state index in [4.69, 9.17) is 0 Å². The van der Waals surface area contributed by atoms with Crippen molar-refractivity contribution in [2.75, 3.05) is 6.54 Å². The van der Waals surface area contributed by atoms with Crippen LogP contribution in [-0.4, -0.2) is 24.5 Å². The quantitative estimate of drug-likeness (QED) is 0.773. The maximum absolute atomic E-state index is 12.7. The fourth-order valence-corrected chi connectivity index (χ4v) is 2.36. The minimum atomic E-state index is -0.416. The van der Waals surface area contributed by atoms with Crippen LogP contribution >= 0.6 is 0 Å². The summed E-state index contributed by atoms with van der Waals surface area (Å²) in [7, 11) is 0. The van der Waals surface area contributed by atoms with Crippen LogP contribution in [-0.2, 0) is 11.3 Å². The SMILES string of the molecule is O=C(CNC(=O)NCc1ccc(F)cc1)NC1CCCC1. The lowest BCUT2D eigenvalue weighted by Gasteiger charge is -2.12. The largest absolute Gasteiger partial charge is 0.352 e. The smallest absolute Gasteiger partial charge is 0.315 e. The summed E-state index contributed by atoms with van der Waals surface area (Å²) in [6.45, 7) is 0.252. The Morgan fingerprint density at radius 3 is 2.43 bits per heavy atom. The van der Waals surface area contributed by atoms with Gasteiger partial charge in [-0.2, -0.15) is 0 Å². The summed E-state index contributed by atoms with van der Waals surface area (Å²) < 4.78 is 12.7. The number of carbonyl (C=O) groups is 2. The van der Waals surface area contributed by atoms with Crippen molar-refractivity contribution in [1.29, 1.82) is 0 Å². The summed E-state index contributed by atoms with van der Waals surface area (Å²) >= 11 is 0. The minimum Gasteiger partial charge on any atom is -0.352 e. The molecule has 21 heavy (non-hydrogen) atoms. The first-order valence-electron chi connectivity index (χ1n) is 7.19. The number of hydrogen-bond acceptors (Lipinski definition) is 2. The molecule has 0 spiro atoms. The summed E-state index contributed by atoms with van der Waals surface area (Å²) in [5.74, 6) is -0.481. The third-order valence-corrected chi connectivity index (χ3v) is 3.50. The van der Waals surface area contributed by atoms with Crippen molar-refractivity contribution < 1.29 is 14.0 Å². The van der Waals surface area contributed by atoms with Crippen molar-refractivity contribution >= 4 is 11.9 Å². The molecule has 1 aromatic carbocycles. The monoisotopic (exact) mass is 293 g/mol. The van der Waals surface area contributed by atoms with Gasteiger partial charge in [0, 0.05) is 12.6 Å². The van der Waals surface area contributed by atoms with Gasteiger partial charge in [-0.3, -0.25) is 4.79 Å². The molecule has 5 nitrogen and oxygen atoms in total. The van der Waals surface area contributed by atoms with Crippen molar-refractivity contribution in [2.24, 2.45) is 0 Å². The number of carbonyl (C=O) groups excluding carboxylic acids is 2. The predicted octanol–water partition coefficient (Wildman–Crippen LogP) is 1.68. The molecule has 1 fully saturated rings. The zero-order valence-corrected chi connectivity index (χ0v) is 11.8. The van der Waals surface area contributed by atoms with Crippen LogP contribution in [0.5, 0.6) is 0 Å². The van der Waals surface area contributed by atoms with Crippen LogP contribution in [0.1, 0.15) is 31.2 Å². The van der Waals surface area contributed by atoms with E-state index in [-0.39, 0.29) is 30.9 Å². The Hall–Kier alpha value is -2.11. The molecular formula is C15H20FN3O2. The lowest BCUT2D eigenvalue weighted by molar-refractivity contribution is -0.120. The lowest BCUT2D eigenvalue weighted by Crippen LogP contribution is -2.44. The molecule has 114 valence electrons. The normalized spacial score (nSPS) is 14.7. The van der Waals surface area contributed by atoms with Gasteiger partial charge in [0.05, 0.1) is 6.54 Å². The summed E-state index contributed by atoms with van der Waals surface area (Å²) in [5, 5.41) is 8.01. The second-order valence-corrected chi connectivity index (χ2v) is 5.21. The van der Waals surface area contributed by atoms with E-state index < -0.39 is 6.03 Å². The van der Waals surface area contributed by atoms with Gasteiger partial charge in [-0.1, -0.05) is 25.0 Å². The molecule has 1 aromatic rings. The molecule has 0 saturated heterocycles. The van der Waals surface area contributed by atoms with E-state index >= 15 is 0 Å². The molecule has 3 N–H and O–H groups in total. The van der Waals surface area contributed by atoms with Crippen molar-refractivity contribution in [3.05, 3.63) is 35.6 Å². The van der Waals surface area contributed by atoms with Gasteiger partial charge in [-0.15, -0.1) is 0 Å². The molecule has 0 atom stereocenters. The number of rotatable bonds is 5. The first-order valence-corrected chi connectivity index (χ1v) is 7.19. The number of benzene rings is 1. The Bertz CT molecular complexity index is 484. The molecule has 1 saturated carbocycles. The highest BCUT2D eigenvalue weighted by Crippen LogP contribution is 2.17. The molecule has 2 rings (SSSR count). The third-order valence-electron chi connectivity index (χ3n) is 3.50.